The van der Waals surface area contributed by atoms with Crippen LogP contribution in [0.2, 0.25) is 0 Å². The first-order valence-corrected chi connectivity index (χ1v) is 7.83. The largest absolute Gasteiger partial charge is 0.427 e. The molecule has 1 aromatic rings. The molecule has 0 saturated heterocycles. The monoisotopic (exact) mass is 306 g/mol. The van der Waals surface area contributed by atoms with Crippen LogP contribution in [0.4, 0.5) is 0 Å². The smallest absolute Gasteiger partial charge is 0.311 e. The minimum atomic E-state index is -0.252. The van der Waals surface area contributed by atoms with Gasteiger partial charge in [-0.25, -0.2) is 0 Å². The van der Waals surface area contributed by atoms with Crippen molar-refractivity contribution < 1.29 is 19.1 Å². The molecule has 22 heavy (non-hydrogen) atoms. The highest BCUT2D eigenvalue weighted by Crippen LogP contribution is 2.34. The highest BCUT2D eigenvalue weighted by atomic mass is 16.5. The molecule has 0 N–H and O–H groups in total. The number of carbonyl (C=O) groups is 2. The summed E-state index contributed by atoms with van der Waals surface area (Å²) < 4.78 is 10.8. The lowest BCUT2D eigenvalue weighted by atomic mass is 9.86. The van der Waals surface area contributed by atoms with Crippen LogP contribution in [-0.2, 0) is 15.0 Å². The van der Waals surface area contributed by atoms with Crippen LogP contribution in [0.25, 0.3) is 0 Å². The van der Waals surface area contributed by atoms with Crippen LogP contribution in [0, 0.1) is 0 Å². The maximum Gasteiger partial charge on any atom is 0.311 e. The van der Waals surface area contributed by atoms with Crippen LogP contribution < -0.4 is 9.47 Å². The van der Waals surface area contributed by atoms with Gasteiger partial charge in [-0.15, -0.1) is 0 Å². The van der Waals surface area contributed by atoms with E-state index in [-0.39, 0.29) is 17.4 Å². The van der Waals surface area contributed by atoms with Crippen molar-refractivity contribution in [3.05, 3.63) is 23.8 Å². The molecule has 122 valence electrons. The van der Waals surface area contributed by atoms with E-state index >= 15 is 0 Å². The van der Waals surface area contributed by atoms with Gasteiger partial charge >= 0.3 is 11.9 Å². The summed E-state index contributed by atoms with van der Waals surface area (Å²) in [5.74, 6) is 0.515. The fraction of sp³-hybridized carbons (Fsp3) is 0.556. The normalized spacial score (nSPS) is 11.1. The minimum Gasteiger partial charge on any atom is -0.427 e. The third kappa shape index (κ3) is 5.51. The third-order valence-electron chi connectivity index (χ3n) is 3.12. The van der Waals surface area contributed by atoms with Gasteiger partial charge in [0.15, 0.2) is 0 Å². The first kappa shape index (κ1) is 18.2. The van der Waals surface area contributed by atoms with Crippen LogP contribution in [-0.4, -0.2) is 11.9 Å². The van der Waals surface area contributed by atoms with E-state index in [1.807, 2.05) is 34.6 Å². The summed E-state index contributed by atoms with van der Waals surface area (Å²) in [5, 5.41) is 0. The average Bonchev–Trinajstić information content (AvgIpc) is 2.39. The molecule has 0 aliphatic rings. The van der Waals surface area contributed by atoms with Crippen molar-refractivity contribution in [1.82, 2.24) is 0 Å². The molecule has 0 aliphatic heterocycles. The fourth-order valence-electron chi connectivity index (χ4n) is 2.01. The second-order valence-corrected chi connectivity index (χ2v) is 6.36. The van der Waals surface area contributed by atoms with E-state index < -0.39 is 0 Å². The van der Waals surface area contributed by atoms with Crippen molar-refractivity contribution >= 4 is 11.9 Å². The summed E-state index contributed by atoms with van der Waals surface area (Å²) in [5.41, 5.74) is 0.619. The van der Waals surface area contributed by atoms with E-state index in [1.54, 1.807) is 18.2 Å². The Morgan fingerprint density at radius 2 is 1.50 bits per heavy atom. The SMILES string of the molecule is CCCC(=O)Oc1ccc(OC(=O)CCC)c(C(C)(C)C)c1. The fourth-order valence-corrected chi connectivity index (χ4v) is 2.01. The first-order valence-electron chi connectivity index (χ1n) is 7.83. The topological polar surface area (TPSA) is 52.6 Å². The molecular weight excluding hydrogens is 280 g/mol. The molecular formula is C18H26O4. The summed E-state index contributed by atoms with van der Waals surface area (Å²) in [6.45, 7) is 9.94. The van der Waals surface area contributed by atoms with Crippen LogP contribution in [0.15, 0.2) is 18.2 Å². The second-order valence-electron chi connectivity index (χ2n) is 6.36. The van der Waals surface area contributed by atoms with Gasteiger partial charge in [-0.05, 0) is 36.5 Å². The van der Waals surface area contributed by atoms with Crippen molar-refractivity contribution in [3.8, 4) is 11.5 Å². The quantitative estimate of drug-likeness (QED) is 0.577. The molecule has 4 heteroatoms. The second kappa shape index (κ2) is 7.97. The highest BCUT2D eigenvalue weighted by Gasteiger charge is 2.22. The number of carbonyl (C=O) groups excluding carboxylic acids is 2. The van der Waals surface area contributed by atoms with Gasteiger partial charge in [-0.2, -0.15) is 0 Å². The number of hydrogen-bond acceptors (Lipinski definition) is 4. The van der Waals surface area contributed by atoms with Gasteiger partial charge in [0.05, 0.1) is 0 Å². The van der Waals surface area contributed by atoms with E-state index in [0.717, 1.165) is 18.4 Å². The lowest BCUT2D eigenvalue weighted by molar-refractivity contribution is -0.135. The molecule has 4 nitrogen and oxygen atoms in total. The van der Waals surface area contributed by atoms with Crippen molar-refractivity contribution in [2.75, 3.05) is 0 Å². The summed E-state index contributed by atoms with van der Waals surface area (Å²) >= 11 is 0. The molecule has 0 fully saturated rings. The highest BCUT2D eigenvalue weighted by molar-refractivity contribution is 5.74. The Kier molecular flexibility index (Phi) is 6.60. The van der Waals surface area contributed by atoms with Crippen LogP contribution in [0.3, 0.4) is 0 Å². The molecule has 0 unspecified atom stereocenters. The summed E-state index contributed by atoms with van der Waals surface area (Å²) in [7, 11) is 0. The Balaban J connectivity index is 3.03. The van der Waals surface area contributed by atoms with Crippen LogP contribution >= 0.6 is 0 Å². The molecule has 0 aliphatic carbocycles. The predicted molar refractivity (Wildman–Crippen MR) is 86.2 cm³/mol. The number of hydrogen-bond donors (Lipinski definition) is 0. The van der Waals surface area contributed by atoms with Gasteiger partial charge in [0, 0.05) is 18.4 Å². The van der Waals surface area contributed by atoms with E-state index in [9.17, 15) is 9.59 Å². The standard InChI is InChI=1S/C18H26O4/c1-6-8-16(19)21-13-10-11-15(22-17(20)9-7-2)14(12-13)18(3,4)5/h10-12H,6-9H2,1-5H3. The molecule has 0 radical (unpaired) electrons. The molecule has 0 aromatic heterocycles. The summed E-state index contributed by atoms with van der Waals surface area (Å²) in [6.07, 6.45) is 2.27. The molecule has 0 saturated carbocycles. The van der Waals surface area contributed by atoms with Gasteiger partial charge in [0.1, 0.15) is 11.5 Å². The maximum atomic E-state index is 11.7. The van der Waals surface area contributed by atoms with Crippen molar-refractivity contribution in [1.29, 1.82) is 0 Å². The molecule has 0 spiro atoms. The number of esters is 2. The molecule has 0 atom stereocenters. The van der Waals surface area contributed by atoms with E-state index in [4.69, 9.17) is 9.47 Å². The number of rotatable bonds is 6. The van der Waals surface area contributed by atoms with E-state index in [2.05, 4.69) is 0 Å². The Morgan fingerprint density at radius 3 is 2.00 bits per heavy atom. The van der Waals surface area contributed by atoms with Crippen LogP contribution in [0.1, 0.15) is 65.9 Å². The average molecular weight is 306 g/mol. The van der Waals surface area contributed by atoms with Gasteiger partial charge in [0.2, 0.25) is 0 Å². The number of benzene rings is 1. The third-order valence-corrected chi connectivity index (χ3v) is 3.12. The lowest BCUT2D eigenvalue weighted by Crippen LogP contribution is -2.17. The molecule has 0 amide bonds. The van der Waals surface area contributed by atoms with Gasteiger partial charge < -0.3 is 9.47 Å². The molecule has 0 heterocycles. The Morgan fingerprint density at radius 1 is 0.955 bits per heavy atom. The van der Waals surface area contributed by atoms with E-state index in [0.29, 0.717) is 24.3 Å². The predicted octanol–water partition coefficient (Wildman–Crippen LogP) is 4.40. The van der Waals surface area contributed by atoms with Gasteiger partial charge in [-0.1, -0.05) is 34.6 Å². The zero-order valence-electron chi connectivity index (χ0n) is 14.2. The van der Waals surface area contributed by atoms with Gasteiger partial charge in [-0.3, -0.25) is 9.59 Å². The van der Waals surface area contributed by atoms with Crippen molar-refractivity contribution in [2.24, 2.45) is 0 Å². The lowest BCUT2D eigenvalue weighted by Gasteiger charge is -2.23. The Bertz CT molecular complexity index is 526. The summed E-state index contributed by atoms with van der Waals surface area (Å²) in [4.78, 5) is 23.3. The van der Waals surface area contributed by atoms with Crippen molar-refractivity contribution in [3.63, 3.8) is 0 Å². The number of ether oxygens (including phenoxy) is 2. The minimum absolute atomic E-state index is 0.227. The van der Waals surface area contributed by atoms with Crippen LogP contribution in [0.5, 0.6) is 11.5 Å². The van der Waals surface area contributed by atoms with Gasteiger partial charge in [0.25, 0.3) is 0 Å². The zero-order chi connectivity index (χ0) is 16.8. The maximum absolute atomic E-state index is 11.7. The molecule has 1 aromatic carbocycles. The van der Waals surface area contributed by atoms with E-state index in [1.165, 1.54) is 0 Å². The van der Waals surface area contributed by atoms with Crippen molar-refractivity contribution in [2.45, 2.75) is 65.7 Å². The zero-order valence-corrected chi connectivity index (χ0v) is 14.2. The first-order chi connectivity index (χ1) is 10.3. The summed E-state index contributed by atoms with van der Waals surface area (Å²) in [6, 6.07) is 5.14. The molecule has 1 rings (SSSR count). The Hall–Kier alpha value is -1.84. The Labute approximate surface area is 132 Å². The molecule has 0 bridgehead atoms.